The summed E-state index contributed by atoms with van der Waals surface area (Å²) in [5.74, 6) is -0.579. The molecule has 0 saturated carbocycles. The largest absolute Gasteiger partial charge is 0.359 e. The first-order chi connectivity index (χ1) is 16.4. The summed E-state index contributed by atoms with van der Waals surface area (Å²) in [6.07, 6.45) is 8.50. The predicted octanol–water partition coefficient (Wildman–Crippen LogP) is 4.66. The van der Waals surface area contributed by atoms with Gasteiger partial charge in [-0.05, 0) is 72.3 Å². The molecule has 4 N–H and O–H groups in total. The molecule has 0 aromatic heterocycles. The van der Waals surface area contributed by atoms with E-state index in [4.69, 9.17) is 23.6 Å². The van der Waals surface area contributed by atoms with Gasteiger partial charge < -0.3 is 16.4 Å². The molecular formula is C27H31FN4OS. The number of carbonyl (C=O) groups is 1. The Labute approximate surface area is 206 Å². The third-order valence-electron chi connectivity index (χ3n) is 5.36. The van der Waals surface area contributed by atoms with Crippen LogP contribution in [0, 0.1) is 17.1 Å². The summed E-state index contributed by atoms with van der Waals surface area (Å²) in [7, 11) is 1.88. The smallest absolute Gasteiger partial charge is 0.207 e. The van der Waals surface area contributed by atoms with E-state index in [1.54, 1.807) is 12.1 Å². The number of halogens is 1. The Kier molecular flexibility index (Phi) is 11.3. The number of nitrogens with one attached hydrogen (secondary N) is 2. The van der Waals surface area contributed by atoms with Crippen LogP contribution in [-0.4, -0.2) is 26.0 Å². The van der Waals surface area contributed by atoms with Crippen molar-refractivity contribution >= 4 is 35.6 Å². The number of rotatable bonds is 13. The highest BCUT2D eigenvalue weighted by Gasteiger charge is 2.12. The Hall–Kier alpha value is -3.18. The molecule has 178 valence electrons. The van der Waals surface area contributed by atoms with E-state index in [1.807, 2.05) is 43.5 Å². The van der Waals surface area contributed by atoms with Gasteiger partial charge in [-0.3, -0.25) is 4.79 Å². The lowest BCUT2D eigenvalue weighted by atomic mass is 9.97. The van der Waals surface area contributed by atoms with Crippen molar-refractivity contribution in [2.24, 2.45) is 5.73 Å². The molecule has 0 radical (unpaired) electrons. The van der Waals surface area contributed by atoms with Crippen LogP contribution in [0.5, 0.6) is 0 Å². The van der Waals surface area contributed by atoms with Gasteiger partial charge in [0.15, 0.2) is 0 Å². The quantitative estimate of drug-likeness (QED) is 0.111. The molecule has 0 aliphatic carbocycles. The monoisotopic (exact) mass is 478 g/mol. The minimum absolute atomic E-state index is 0.00890. The predicted molar refractivity (Wildman–Crippen MR) is 141 cm³/mol. The first-order valence-electron chi connectivity index (χ1n) is 11.1. The van der Waals surface area contributed by atoms with Crippen molar-refractivity contribution in [3.05, 3.63) is 88.8 Å². The minimum Gasteiger partial charge on any atom is -0.359 e. The van der Waals surface area contributed by atoms with Gasteiger partial charge in [0.2, 0.25) is 6.41 Å². The second-order valence-electron chi connectivity index (χ2n) is 7.83. The molecule has 1 amide bonds. The summed E-state index contributed by atoms with van der Waals surface area (Å²) in [4.78, 5) is 11.0. The molecule has 0 saturated heterocycles. The Morgan fingerprint density at radius 3 is 2.71 bits per heavy atom. The molecular weight excluding hydrogens is 447 g/mol. The fraction of sp³-hybridized carbons (Fsp3) is 0.259. The molecule has 2 rings (SSSR count). The lowest BCUT2D eigenvalue weighted by molar-refractivity contribution is -0.109. The van der Waals surface area contributed by atoms with Gasteiger partial charge in [0.25, 0.3) is 0 Å². The van der Waals surface area contributed by atoms with Crippen molar-refractivity contribution in [2.45, 2.75) is 31.8 Å². The van der Waals surface area contributed by atoms with Crippen LogP contribution in [0.2, 0.25) is 0 Å². The Balaban J connectivity index is 2.42. The molecule has 0 aliphatic heterocycles. The summed E-state index contributed by atoms with van der Waals surface area (Å²) in [5.41, 5.74) is 10.5. The summed E-state index contributed by atoms with van der Waals surface area (Å²) in [6.45, 7) is 5.13. The number of thiol groups is 1. The Morgan fingerprint density at radius 2 is 2.06 bits per heavy atom. The highest BCUT2D eigenvalue weighted by molar-refractivity contribution is 7.90. The number of amides is 1. The van der Waals surface area contributed by atoms with E-state index in [9.17, 15) is 9.18 Å². The third kappa shape index (κ3) is 7.70. The van der Waals surface area contributed by atoms with E-state index < -0.39 is 5.82 Å². The number of hydrogen-bond donors (Lipinski definition) is 4. The average molecular weight is 479 g/mol. The van der Waals surface area contributed by atoms with Crippen LogP contribution in [0.15, 0.2) is 55.1 Å². The van der Waals surface area contributed by atoms with Crippen LogP contribution < -0.4 is 16.4 Å². The topological polar surface area (TPSA) is 90.9 Å². The Morgan fingerprint density at radius 1 is 1.29 bits per heavy atom. The van der Waals surface area contributed by atoms with E-state index >= 15 is 0 Å². The van der Waals surface area contributed by atoms with Gasteiger partial charge in [0.05, 0.1) is 5.56 Å². The molecule has 0 bridgehead atoms. The van der Waals surface area contributed by atoms with E-state index in [0.29, 0.717) is 36.4 Å². The molecule has 0 aliphatic rings. The summed E-state index contributed by atoms with van der Waals surface area (Å²) >= 11 is 4.81. The van der Waals surface area contributed by atoms with Gasteiger partial charge in [0.1, 0.15) is 11.9 Å². The number of carbonyl (C=O) groups excluding carboxylic acids is 1. The van der Waals surface area contributed by atoms with Crippen molar-refractivity contribution in [3.63, 3.8) is 0 Å². The highest BCUT2D eigenvalue weighted by atomic mass is 32.1. The standard InChI is InChI=1S/C27H31FN4OS/c1-3-19-9-11-21(14-23(19)17-31-2)27(34)25(20-10-12-22(16-29)26(28)15-20)8-4-6-24(30)7-5-13-32-18-33/h3-4,8-12,14-15,18,24,31,34H,1,5-7,13,17,30H2,2H3,(H,32,33)/b8-4+,27-25+. The van der Waals surface area contributed by atoms with Crippen LogP contribution in [0.4, 0.5) is 4.39 Å². The van der Waals surface area contributed by atoms with E-state index in [2.05, 4.69) is 17.2 Å². The van der Waals surface area contributed by atoms with Gasteiger partial charge in [-0.1, -0.05) is 43.0 Å². The van der Waals surface area contributed by atoms with E-state index in [-0.39, 0.29) is 11.6 Å². The zero-order chi connectivity index (χ0) is 24.9. The second-order valence-corrected chi connectivity index (χ2v) is 8.28. The summed E-state index contributed by atoms with van der Waals surface area (Å²) in [6, 6.07) is 12.3. The van der Waals surface area contributed by atoms with Crippen LogP contribution in [0.3, 0.4) is 0 Å². The Bertz CT molecular complexity index is 1100. The summed E-state index contributed by atoms with van der Waals surface area (Å²) in [5, 5.41) is 14.9. The number of benzene rings is 2. The SMILES string of the molecule is C=Cc1ccc(/C(S)=C(/C=C/CC(N)CCCNC=O)c2ccc(C#N)c(F)c2)cc1CNC. The van der Waals surface area contributed by atoms with Crippen LogP contribution in [0.25, 0.3) is 16.6 Å². The molecule has 0 spiro atoms. The molecule has 0 fully saturated rings. The molecule has 2 aromatic carbocycles. The molecule has 7 heteroatoms. The molecule has 2 aromatic rings. The third-order valence-corrected chi connectivity index (χ3v) is 5.86. The lowest BCUT2D eigenvalue weighted by Gasteiger charge is -2.13. The minimum atomic E-state index is -0.579. The second kappa shape index (κ2) is 14.2. The van der Waals surface area contributed by atoms with Crippen LogP contribution in [-0.2, 0) is 11.3 Å². The number of nitrogens with two attached hydrogens (primary N) is 1. The highest BCUT2D eigenvalue weighted by Crippen LogP contribution is 2.32. The van der Waals surface area contributed by atoms with Crippen molar-refractivity contribution in [1.29, 1.82) is 5.26 Å². The number of nitriles is 1. The zero-order valence-electron chi connectivity index (χ0n) is 19.4. The first-order valence-corrected chi connectivity index (χ1v) is 11.5. The molecule has 1 unspecified atom stereocenters. The van der Waals surface area contributed by atoms with Crippen LogP contribution >= 0.6 is 12.6 Å². The van der Waals surface area contributed by atoms with Gasteiger partial charge in [0, 0.05) is 24.0 Å². The van der Waals surface area contributed by atoms with Gasteiger partial charge in [-0.2, -0.15) is 5.26 Å². The number of hydrogen-bond acceptors (Lipinski definition) is 5. The lowest BCUT2D eigenvalue weighted by Crippen LogP contribution is -2.21. The van der Waals surface area contributed by atoms with Crippen molar-refractivity contribution in [3.8, 4) is 6.07 Å². The van der Waals surface area contributed by atoms with E-state index in [1.165, 1.54) is 12.1 Å². The zero-order valence-corrected chi connectivity index (χ0v) is 20.2. The molecule has 34 heavy (non-hydrogen) atoms. The first kappa shape index (κ1) is 27.1. The molecule has 0 heterocycles. The number of nitrogens with zero attached hydrogens (tertiary/aromatic N) is 1. The molecule has 5 nitrogen and oxygen atoms in total. The average Bonchev–Trinajstić information content (AvgIpc) is 2.84. The fourth-order valence-corrected chi connectivity index (χ4v) is 3.88. The van der Waals surface area contributed by atoms with E-state index in [0.717, 1.165) is 35.1 Å². The normalized spacial score (nSPS) is 12.7. The van der Waals surface area contributed by atoms with Crippen molar-refractivity contribution in [1.82, 2.24) is 10.6 Å². The maximum Gasteiger partial charge on any atom is 0.207 e. The summed E-state index contributed by atoms with van der Waals surface area (Å²) < 4.78 is 14.4. The maximum absolute atomic E-state index is 14.4. The van der Waals surface area contributed by atoms with Gasteiger partial charge >= 0.3 is 0 Å². The maximum atomic E-state index is 14.4. The van der Waals surface area contributed by atoms with Crippen LogP contribution in [0.1, 0.15) is 47.1 Å². The van der Waals surface area contributed by atoms with Gasteiger partial charge in [-0.25, -0.2) is 4.39 Å². The molecule has 1 atom stereocenters. The van der Waals surface area contributed by atoms with Gasteiger partial charge in [-0.15, -0.1) is 12.6 Å². The van der Waals surface area contributed by atoms with Crippen molar-refractivity contribution in [2.75, 3.05) is 13.6 Å². The van der Waals surface area contributed by atoms with Crippen molar-refractivity contribution < 1.29 is 9.18 Å². The number of allylic oxidation sites excluding steroid dienone is 2. The fourth-order valence-electron chi connectivity index (χ4n) is 3.54.